The average Bonchev–Trinajstić information content (AvgIpc) is 2.94. The van der Waals surface area contributed by atoms with E-state index >= 15 is 0 Å². The van der Waals surface area contributed by atoms with Gasteiger partial charge in [-0.1, -0.05) is 0 Å². The molecule has 0 bridgehead atoms. The zero-order chi connectivity index (χ0) is 18.6. The Hall–Kier alpha value is -2.68. The fourth-order valence-electron chi connectivity index (χ4n) is 3.03. The molecule has 2 aromatic carbocycles. The normalized spacial score (nSPS) is 15.4. The van der Waals surface area contributed by atoms with Gasteiger partial charge >= 0.3 is 0 Å². The summed E-state index contributed by atoms with van der Waals surface area (Å²) in [5, 5.41) is 9.14. The fourth-order valence-corrected chi connectivity index (χ4v) is 3.93. The van der Waals surface area contributed by atoms with E-state index in [2.05, 4.69) is 4.98 Å². The third kappa shape index (κ3) is 2.59. The maximum Gasteiger partial charge on any atom is 0.194 e. The summed E-state index contributed by atoms with van der Waals surface area (Å²) in [6.07, 6.45) is 2.58. The van der Waals surface area contributed by atoms with Gasteiger partial charge in [0.25, 0.3) is 0 Å². The largest absolute Gasteiger partial charge is 0.503 e. The van der Waals surface area contributed by atoms with Crippen LogP contribution < -0.4 is 4.90 Å². The van der Waals surface area contributed by atoms with Crippen molar-refractivity contribution < 1.29 is 22.3 Å². The molecule has 136 valence electrons. The topological polar surface area (TPSA) is 75.4 Å². The molecule has 1 fully saturated rings. The Morgan fingerprint density at radius 1 is 1.15 bits per heavy atom. The van der Waals surface area contributed by atoms with Crippen LogP contribution in [0.3, 0.4) is 0 Å². The van der Waals surface area contributed by atoms with E-state index in [0.717, 1.165) is 11.8 Å². The van der Waals surface area contributed by atoms with E-state index < -0.39 is 27.2 Å². The Morgan fingerprint density at radius 3 is 2.38 bits per heavy atom. The lowest BCUT2D eigenvalue weighted by Crippen LogP contribution is -2.54. The number of phenolic OH excluding ortho intramolecular Hbond substituents is 1. The Balaban J connectivity index is 1.64. The monoisotopic (exact) mass is 379 g/mol. The van der Waals surface area contributed by atoms with Gasteiger partial charge in [0.05, 0.1) is 10.8 Å². The predicted octanol–water partition coefficient (Wildman–Crippen LogP) is 2.24. The van der Waals surface area contributed by atoms with E-state index in [1.54, 1.807) is 24.3 Å². The van der Waals surface area contributed by atoms with Crippen LogP contribution in [0.5, 0.6) is 5.75 Å². The van der Waals surface area contributed by atoms with Crippen LogP contribution in [-0.2, 0) is 9.84 Å². The van der Waals surface area contributed by atoms with Gasteiger partial charge in [0.1, 0.15) is 11.8 Å². The number of hydrogen-bond donors (Lipinski definition) is 1. The highest BCUT2D eigenvalue weighted by Crippen LogP contribution is 2.31. The molecule has 26 heavy (non-hydrogen) atoms. The van der Waals surface area contributed by atoms with Crippen molar-refractivity contribution in [1.29, 1.82) is 0 Å². The number of aromatic hydroxyl groups is 1. The van der Waals surface area contributed by atoms with Crippen molar-refractivity contribution in [3.63, 3.8) is 0 Å². The molecule has 2 heterocycles. The average molecular weight is 379 g/mol. The number of sulfone groups is 1. The van der Waals surface area contributed by atoms with Gasteiger partial charge in [0.2, 0.25) is 0 Å². The molecule has 4 rings (SSSR count). The number of benzene rings is 2. The molecular weight excluding hydrogens is 364 g/mol. The van der Waals surface area contributed by atoms with Crippen molar-refractivity contribution in [2.24, 2.45) is 0 Å². The highest BCUT2D eigenvalue weighted by molar-refractivity contribution is 7.91. The molecule has 1 aromatic heterocycles. The van der Waals surface area contributed by atoms with Crippen LogP contribution in [0.4, 0.5) is 14.5 Å². The summed E-state index contributed by atoms with van der Waals surface area (Å²) < 4.78 is 52.1. The third-order valence-corrected chi connectivity index (χ3v) is 6.16. The molecule has 1 aliphatic rings. The molecule has 9 heteroatoms. The lowest BCUT2D eigenvalue weighted by Gasteiger charge is -2.39. The molecule has 1 aliphatic heterocycles. The highest BCUT2D eigenvalue weighted by Gasteiger charge is 2.34. The van der Waals surface area contributed by atoms with Gasteiger partial charge in [0.15, 0.2) is 27.2 Å². The molecule has 6 nitrogen and oxygen atoms in total. The summed E-state index contributed by atoms with van der Waals surface area (Å²) >= 11 is 0. The van der Waals surface area contributed by atoms with Crippen molar-refractivity contribution in [1.82, 2.24) is 9.55 Å². The van der Waals surface area contributed by atoms with Gasteiger partial charge in [0, 0.05) is 36.8 Å². The van der Waals surface area contributed by atoms with Gasteiger partial charge in [-0.25, -0.2) is 22.2 Å². The number of imidazole rings is 1. The number of nitrogens with zero attached hydrogens (tertiary/aromatic N) is 3. The van der Waals surface area contributed by atoms with Crippen LogP contribution in [-0.4, -0.2) is 47.7 Å². The minimum absolute atomic E-state index is 0.0160. The lowest BCUT2D eigenvalue weighted by molar-refractivity contribution is 0.399. The lowest BCUT2D eigenvalue weighted by atomic mass is 10.1. The summed E-state index contributed by atoms with van der Waals surface area (Å²) in [4.78, 5) is 5.91. The maximum atomic E-state index is 14.2. The molecular formula is C17H15F2N3O3S. The number of halogens is 2. The predicted molar refractivity (Wildman–Crippen MR) is 93.5 cm³/mol. The van der Waals surface area contributed by atoms with Crippen molar-refractivity contribution >= 4 is 26.6 Å². The number of fused-ring (bicyclic) bond motifs is 1. The van der Waals surface area contributed by atoms with Crippen LogP contribution >= 0.6 is 0 Å². The second kappa shape index (κ2) is 5.66. The molecule has 3 aromatic rings. The second-order valence-electron chi connectivity index (χ2n) is 6.38. The van der Waals surface area contributed by atoms with Gasteiger partial charge in [-0.2, -0.15) is 0 Å². The number of anilines is 1. The van der Waals surface area contributed by atoms with Crippen LogP contribution in [0.25, 0.3) is 16.7 Å². The van der Waals surface area contributed by atoms with E-state index in [-0.39, 0.29) is 16.3 Å². The van der Waals surface area contributed by atoms with E-state index in [0.29, 0.717) is 18.8 Å². The first-order valence-corrected chi connectivity index (χ1v) is 9.79. The van der Waals surface area contributed by atoms with Gasteiger partial charge < -0.3 is 10.0 Å². The Bertz CT molecular complexity index is 1100. The quantitative estimate of drug-likeness (QED) is 0.755. The molecule has 0 aliphatic carbocycles. The van der Waals surface area contributed by atoms with Gasteiger partial charge in [-0.05, 0) is 24.3 Å². The summed E-state index contributed by atoms with van der Waals surface area (Å²) in [5.41, 5.74) is 1.52. The Morgan fingerprint density at radius 2 is 1.77 bits per heavy atom. The van der Waals surface area contributed by atoms with Crippen molar-refractivity contribution in [2.45, 2.75) is 5.25 Å². The van der Waals surface area contributed by atoms with Crippen LogP contribution in [0.1, 0.15) is 0 Å². The molecule has 0 unspecified atom stereocenters. The molecule has 1 N–H and O–H groups in total. The Kier molecular flexibility index (Phi) is 3.65. The highest BCUT2D eigenvalue weighted by atomic mass is 32.2. The van der Waals surface area contributed by atoms with Crippen molar-refractivity contribution in [2.75, 3.05) is 24.2 Å². The SMILES string of the molecule is CS(=O)(=O)C1CN(c2ccc(-n3cnc4cc(F)c(O)c(F)c43)cc2)C1. The minimum atomic E-state index is -3.04. The first-order valence-electron chi connectivity index (χ1n) is 7.84. The maximum absolute atomic E-state index is 14.2. The molecule has 0 amide bonds. The van der Waals surface area contributed by atoms with E-state index in [9.17, 15) is 22.3 Å². The number of rotatable bonds is 3. The number of phenols is 1. The van der Waals surface area contributed by atoms with Crippen LogP contribution in [0.15, 0.2) is 36.7 Å². The van der Waals surface area contributed by atoms with E-state index in [1.807, 2.05) is 4.90 Å². The summed E-state index contributed by atoms with van der Waals surface area (Å²) in [5.74, 6) is -3.17. The van der Waals surface area contributed by atoms with E-state index in [1.165, 1.54) is 17.2 Å². The van der Waals surface area contributed by atoms with Crippen LogP contribution in [0.2, 0.25) is 0 Å². The number of aromatic nitrogens is 2. The zero-order valence-electron chi connectivity index (χ0n) is 13.7. The smallest absolute Gasteiger partial charge is 0.194 e. The van der Waals surface area contributed by atoms with Gasteiger partial charge in [-0.3, -0.25) is 4.57 Å². The molecule has 0 saturated carbocycles. The summed E-state index contributed by atoms with van der Waals surface area (Å²) in [6.45, 7) is 0.877. The van der Waals surface area contributed by atoms with Crippen LogP contribution in [0, 0.1) is 11.6 Å². The summed E-state index contributed by atoms with van der Waals surface area (Å²) in [7, 11) is -3.04. The first-order chi connectivity index (χ1) is 12.3. The van der Waals surface area contributed by atoms with Crippen molar-refractivity contribution in [3.05, 3.63) is 48.3 Å². The fraction of sp³-hybridized carbons (Fsp3) is 0.235. The molecule has 0 spiro atoms. The van der Waals surface area contributed by atoms with Crippen molar-refractivity contribution in [3.8, 4) is 11.4 Å². The molecule has 0 radical (unpaired) electrons. The minimum Gasteiger partial charge on any atom is -0.503 e. The second-order valence-corrected chi connectivity index (χ2v) is 8.70. The Labute approximate surface area is 148 Å². The van der Waals surface area contributed by atoms with E-state index in [4.69, 9.17) is 0 Å². The molecule has 1 saturated heterocycles. The third-order valence-electron chi connectivity index (χ3n) is 4.65. The number of hydrogen-bond acceptors (Lipinski definition) is 5. The zero-order valence-corrected chi connectivity index (χ0v) is 14.5. The standard InChI is InChI=1S/C17H15F2N3O3S/c1-26(24,25)12-7-21(8-12)10-2-4-11(5-3-10)22-9-20-14-6-13(18)17(23)15(19)16(14)22/h2-6,9,12,23H,7-8H2,1H3. The van der Waals surface area contributed by atoms with Gasteiger partial charge in [-0.15, -0.1) is 0 Å². The summed E-state index contributed by atoms with van der Waals surface area (Å²) in [6, 6.07) is 8.01. The molecule has 0 atom stereocenters. The first kappa shape index (κ1) is 16.8.